The molecule has 3 rings (SSSR count). The van der Waals surface area contributed by atoms with Crippen LogP contribution in [0.15, 0.2) is 48.5 Å². The molecule has 2 N–H and O–H groups in total. The van der Waals surface area contributed by atoms with E-state index in [1.165, 1.54) is 6.08 Å². The molecule has 0 spiro atoms. The molecule has 2 aromatic rings. The quantitative estimate of drug-likeness (QED) is 0.835. The van der Waals surface area contributed by atoms with E-state index in [4.69, 9.17) is 16.3 Å². The van der Waals surface area contributed by atoms with Gasteiger partial charge in [0.25, 0.3) is 5.91 Å². The Hall–Kier alpha value is -2.79. The standard InChI is InChI=1S/C18H15ClN2O3/c1-11-18(23)21-15-10-13(7-8-16(15)24-11)20-17(22)9-6-12-4-2-3-5-14(12)19/h2-11H,1H3,(H,20,22)(H,21,23)/b9-6+/t11-/m1/s1. The Morgan fingerprint density at radius 3 is 2.88 bits per heavy atom. The van der Waals surface area contributed by atoms with Crippen LogP contribution >= 0.6 is 11.6 Å². The highest BCUT2D eigenvalue weighted by Crippen LogP contribution is 2.32. The number of carbonyl (C=O) groups is 2. The minimum Gasteiger partial charge on any atom is -0.479 e. The molecule has 2 aromatic carbocycles. The Bertz CT molecular complexity index is 833. The van der Waals surface area contributed by atoms with Crippen LogP contribution in [0.1, 0.15) is 12.5 Å². The molecule has 0 unspecified atom stereocenters. The van der Waals surface area contributed by atoms with Gasteiger partial charge in [0.2, 0.25) is 5.91 Å². The van der Waals surface area contributed by atoms with Gasteiger partial charge in [-0.05, 0) is 42.8 Å². The summed E-state index contributed by atoms with van der Waals surface area (Å²) >= 11 is 6.04. The van der Waals surface area contributed by atoms with Gasteiger partial charge in [0.15, 0.2) is 6.10 Å². The second-order valence-electron chi connectivity index (χ2n) is 5.30. The minimum atomic E-state index is -0.531. The molecular weight excluding hydrogens is 328 g/mol. The van der Waals surface area contributed by atoms with Crippen molar-refractivity contribution in [2.45, 2.75) is 13.0 Å². The van der Waals surface area contributed by atoms with E-state index >= 15 is 0 Å². The van der Waals surface area contributed by atoms with Crippen molar-refractivity contribution in [3.63, 3.8) is 0 Å². The van der Waals surface area contributed by atoms with Gasteiger partial charge < -0.3 is 15.4 Å². The first-order valence-electron chi connectivity index (χ1n) is 7.38. The van der Waals surface area contributed by atoms with Crippen LogP contribution in [-0.4, -0.2) is 17.9 Å². The number of fused-ring (bicyclic) bond motifs is 1. The summed E-state index contributed by atoms with van der Waals surface area (Å²) in [7, 11) is 0. The van der Waals surface area contributed by atoms with Gasteiger partial charge in [-0.3, -0.25) is 9.59 Å². The molecule has 0 saturated carbocycles. The SMILES string of the molecule is C[C@H]1Oc2ccc(NC(=O)/C=C/c3ccccc3Cl)cc2NC1=O. The fourth-order valence-electron chi connectivity index (χ4n) is 2.25. The molecule has 0 aromatic heterocycles. The van der Waals surface area contributed by atoms with E-state index in [9.17, 15) is 9.59 Å². The van der Waals surface area contributed by atoms with Gasteiger partial charge in [0, 0.05) is 16.8 Å². The maximum absolute atomic E-state index is 12.0. The monoisotopic (exact) mass is 342 g/mol. The van der Waals surface area contributed by atoms with Crippen molar-refractivity contribution >= 4 is 40.9 Å². The fourth-order valence-corrected chi connectivity index (χ4v) is 2.44. The molecule has 0 fully saturated rings. The lowest BCUT2D eigenvalue weighted by molar-refractivity contribution is -0.122. The van der Waals surface area contributed by atoms with Gasteiger partial charge in [-0.25, -0.2) is 0 Å². The number of carbonyl (C=O) groups excluding carboxylic acids is 2. The normalized spacial score (nSPS) is 16.2. The van der Waals surface area contributed by atoms with Crippen molar-refractivity contribution < 1.29 is 14.3 Å². The van der Waals surface area contributed by atoms with Crippen molar-refractivity contribution in [1.82, 2.24) is 0 Å². The summed E-state index contributed by atoms with van der Waals surface area (Å²) in [6.45, 7) is 1.67. The van der Waals surface area contributed by atoms with Crippen LogP contribution in [0.5, 0.6) is 5.75 Å². The van der Waals surface area contributed by atoms with Gasteiger partial charge in [-0.1, -0.05) is 29.8 Å². The van der Waals surface area contributed by atoms with E-state index in [1.54, 1.807) is 37.3 Å². The molecule has 24 heavy (non-hydrogen) atoms. The molecule has 2 amide bonds. The summed E-state index contributed by atoms with van der Waals surface area (Å²) in [5.41, 5.74) is 1.85. The van der Waals surface area contributed by atoms with Gasteiger partial charge in [-0.2, -0.15) is 0 Å². The highest BCUT2D eigenvalue weighted by molar-refractivity contribution is 6.32. The zero-order chi connectivity index (χ0) is 17.1. The van der Waals surface area contributed by atoms with Gasteiger partial charge >= 0.3 is 0 Å². The molecule has 1 aliphatic rings. The predicted octanol–water partition coefficient (Wildman–Crippen LogP) is 3.71. The zero-order valence-electron chi connectivity index (χ0n) is 12.9. The van der Waals surface area contributed by atoms with Crippen molar-refractivity contribution in [1.29, 1.82) is 0 Å². The van der Waals surface area contributed by atoms with E-state index in [1.807, 2.05) is 18.2 Å². The van der Waals surface area contributed by atoms with Crippen LogP contribution in [0.3, 0.4) is 0 Å². The Morgan fingerprint density at radius 2 is 2.08 bits per heavy atom. The number of hydrogen-bond acceptors (Lipinski definition) is 3. The average molecular weight is 343 g/mol. The average Bonchev–Trinajstić information content (AvgIpc) is 2.55. The molecule has 6 heteroatoms. The first kappa shape index (κ1) is 16.1. The maximum atomic E-state index is 12.0. The van der Waals surface area contributed by atoms with Gasteiger partial charge in [0.1, 0.15) is 5.75 Å². The second-order valence-corrected chi connectivity index (χ2v) is 5.71. The lowest BCUT2D eigenvalue weighted by atomic mass is 10.2. The summed E-state index contributed by atoms with van der Waals surface area (Å²) in [5, 5.41) is 6.04. The van der Waals surface area contributed by atoms with E-state index in [2.05, 4.69) is 10.6 Å². The summed E-state index contributed by atoms with van der Waals surface area (Å²) in [4.78, 5) is 23.7. The highest BCUT2D eigenvalue weighted by atomic mass is 35.5. The minimum absolute atomic E-state index is 0.218. The van der Waals surface area contributed by atoms with Crippen molar-refractivity contribution in [2.24, 2.45) is 0 Å². The van der Waals surface area contributed by atoms with Crippen molar-refractivity contribution in [3.8, 4) is 5.75 Å². The van der Waals surface area contributed by atoms with E-state index in [-0.39, 0.29) is 11.8 Å². The van der Waals surface area contributed by atoms with Crippen LogP contribution < -0.4 is 15.4 Å². The predicted molar refractivity (Wildman–Crippen MR) is 94.3 cm³/mol. The molecule has 122 valence electrons. The molecular formula is C18H15ClN2O3. The summed E-state index contributed by atoms with van der Waals surface area (Å²) in [6.07, 6.45) is 2.51. The molecule has 1 aliphatic heterocycles. The Kier molecular flexibility index (Phi) is 4.53. The number of nitrogens with one attached hydrogen (secondary N) is 2. The lowest BCUT2D eigenvalue weighted by Crippen LogP contribution is -2.34. The van der Waals surface area contributed by atoms with E-state index in [0.717, 1.165) is 5.56 Å². The zero-order valence-corrected chi connectivity index (χ0v) is 13.6. The fraction of sp³-hybridized carbons (Fsp3) is 0.111. The second kappa shape index (κ2) is 6.76. The van der Waals surface area contributed by atoms with Crippen LogP contribution in [-0.2, 0) is 9.59 Å². The molecule has 0 saturated heterocycles. The third-order valence-corrected chi connectivity index (χ3v) is 3.84. The first-order valence-corrected chi connectivity index (χ1v) is 7.76. The van der Waals surface area contributed by atoms with E-state index in [0.29, 0.717) is 22.1 Å². The summed E-state index contributed by atoms with van der Waals surface area (Å²) < 4.78 is 5.47. The summed E-state index contributed by atoms with van der Waals surface area (Å²) in [6, 6.07) is 12.3. The van der Waals surface area contributed by atoms with E-state index < -0.39 is 6.10 Å². The van der Waals surface area contributed by atoms with Crippen molar-refractivity contribution in [3.05, 3.63) is 59.1 Å². The molecule has 5 nitrogen and oxygen atoms in total. The Morgan fingerprint density at radius 1 is 1.29 bits per heavy atom. The lowest BCUT2D eigenvalue weighted by Gasteiger charge is -2.23. The molecule has 1 atom stereocenters. The smallest absolute Gasteiger partial charge is 0.265 e. The first-order chi connectivity index (χ1) is 11.5. The largest absolute Gasteiger partial charge is 0.479 e. The highest BCUT2D eigenvalue weighted by Gasteiger charge is 2.23. The van der Waals surface area contributed by atoms with Crippen LogP contribution in [0.2, 0.25) is 5.02 Å². The topological polar surface area (TPSA) is 67.4 Å². The number of hydrogen-bond donors (Lipinski definition) is 2. The third kappa shape index (κ3) is 3.58. The molecule has 1 heterocycles. The third-order valence-electron chi connectivity index (χ3n) is 3.50. The molecule has 0 radical (unpaired) electrons. The van der Waals surface area contributed by atoms with Crippen LogP contribution in [0, 0.1) is 0 Å². The number of anilines is 2. The Labute approximate surface area is 144 Å². The number of amides is 2. The van der Waals surface area contributed by atoms with Crippen LogP contribution in [0.25, 0.3) is 6.08 Å². The number of benzene rings is 2. The molecule has 0 bridgehead atoms. The van der Waals surface area contributed by atoms with Gasteiger partial charge in [0.05, 0.1) is 5.69 Å². The van der Waals surface area contributed by atoms with Gasteiger partial charge in [-0.15, -0.1) is 0 Å². The summed E-state index contributed by atoms with van der Waals surface area (Å²) in [5.74, 6) is 0.0580. The Balaban J connectivity index is 1.70. The number of rotatable bonds is 3. The number of ether oxygens (including phenoxy) is 1. The number of halogens is 1. The van der Waals surface area contributed by atoms with Crippen LogP contribution in [0.4, 0.5) is 11.4 Å². The molecule has 0 aliphatic carbocycles. The maximum Gasteiger partial charge on any atom is 0.265 e. The van der Waals surface area contributed by atoms with Crippen molar-refractivity contribution in [2.75, 3.05) is 10.6 Å².